The first-order valence-electron chi connectivity index (χ1n) is 8.22. The van der Waals surface area contributed by atoms with Gasteiger partial charge >= 0.3 is 0 Å². The van der Waals surface area contributed by atoms with E-state index in [4.69, 9.17) is 10.5 Å². The van der Waals surface area contributed by atoms with E-state index in [-0.39, 0.29) is 0 Å². The van der Waals surface area contributed by atoms with Crippen LogP contribution in [0, 0.1) is 0 Å². The van der Waals surface area contributed by atoms with E-state index in [1.807, 2.05) is 0 Å². The molecule has 4 N–H and O–H groups in total. The van der Waals surface area contributed by atoms with Crippen molar-refractivity contribution in [3.63, 3.8) is 0 Å². The Labute approximate surface area is 155 Å². The quantitative estimate of drug-likeness (QED) is 0.655. The summed E-state index contributed by atoms with van der Waals surface area (Å²) in [7, 11) is 1.50. The average molecular weight is 377 g/mol. The topological polar surface area (TPSA) is 93.4 Å². The lowest BCUT2D eigenvalue weighted by atomic mass is 10.1. The highest BCUT2D eigenvalue weighted by molar-refractivity contribution is 5.98. The number of halogens is 2. The van der Waals surface area contributed by atoms with Crippen LogP contribution in [0.3, 0.4) is 0 Å². The monoisotopic (exact) mass is 377 g/mol. The molecule has 0 radical (unpaired) electrons. The second-order valence-electron chi connectivity index (χ2n) is 5.82. The molecule has 2 aromatic rings. The molecule has 0 fully saturated rings. The van der Waals surface area contributed by atoms with Gasteiger partial charge < -0.3 is 21.1 Å². The zero-order valence-corrected chi connectivity index (χ0v) is 14.7. The largest absolute Gasteiger partial charge is 0.497 e. The number of carbonyl (C=O) groups is 2. The number of amides is 2. The molecule has 2 aromatic carbocycles. The molecule has 144 valence electrons. The van der Waals surface area contributed by atoms with E-state index in [0.717, 1.165) is 0 Å². The molecule has 0 saturated heterocycles. The number of hydrogen-bond acceptors (Lipinski definition) is 4. The number of carbonyl (C=O) groups excluding carboxylic acids is 2. The molecule has 1 atom stereocenters. The summed E-state index contributed by atoms with van der Waals surface area (Å²) in [5.41, 5.74) is 5.75. The number of ether oxygens (including phenoxy) is 1. The summed E-state index contributed by atoms with van der Waals surface area (Å²) in [4.78, 5) is 24.9. The van der Waals surface area contributed by atoms with Crippen LogP contribution < -0.4 is 21.1 Å². The molecular formula is C19H21F2N3O3. The SMILES string of the molecule is COc1ccc(C(=O)NC(C(=O)NCC(F)(F)CN)c2ccccc2)cc1. The Balaban J connectivity index is 2.17. The molecule has 0 aromatic heterocycles. The Morgan fingerprint density at radius 3 is 2.30 bits per heavy atom. The van der Waals surface area contributed by atoms with E-state index < -0.39 is 36.9 Å². The molecule has 0 aliphatic rings. The predicted octanol–water partition coefficient (Wildman–Crippen LogP) is 1.88. The van der Waals surface area contributed by atoms with Crippen molar-refractivity contribution in [1.82, 2.24) is 10.6 Å². The molecule has 0 spiro atoms. The lowest BCUT2D eigenvalue weighted by molar-refractivity contribution is -0.124. The van der Waals surface area contributed by atoms with Crippen LogP contribution in [0.4, 0.5) is 8.78 Å². The van der Waals surface area contributed by atoms with Crippen LogP contribution in [0.5, 0.6) is 5.75 Å². The van der Waals surface area contributed by atoms with Crippen LogP contribution in [0.1, 0.15) is 22.0 Å². The average Bonchev–Trinajstić information content (AvgIpc) is 2.70. The zero-order valence-electron chi connectivity index (χ0n) is 14.7. The van der Waals surface area contributed by atoms with Crippen LogP contribution in [0.2, 0.25) is 0 Å². The maximum atomic E-state index is 13.3. The number of nitrogens with one attached hydrogen (secondary N) is 2. The molecule has 0 saturated carbocycles. The number of hydrogen-bond donors (Lipinski definition) is 3. The minimum atomic E-state index is -3.23. The third-order valence-electron chi connectivity index (χ3n) is 3.84. The Hall–Kier alpha value is -3.00. The van der Waals surface area contributed by atoms with Crippen molar-refractivity contribution in [2.45, 2.75) is 12.0 Å². The molecule has 0 bridgehead atoms. The van der Waals surface area contributed by atoms with Crippen molar-refractivity contribution in [2.75, 3.05) is 20.2 Å². The summed E-state index contributed by atoms with van der Waals surface area (Å²) in [5.74, 6) is -3.92. The standard InChI is InChI=1S/C19H21F2N3O3/c1-27-15-9-7-14(8-10-15)17(25)24-16(13-5-3-2-4-6-13)18(26)23-12-19(20,21)11-22/h2-10,16H,11-12,22H2,1H3,(H,23,26)(H,24,25). The second kappa shape index (κ2) is 9.09. The van der Waals surface area contributed by atoms with Crippen molar-refractivity contribution in [3.05, 3.63) is 65.7 Å². The molecule has 6 nitrogen and oxygen atoms in total. The fourth-order valence-corrected chi connectivity index (χ4v) is 2.29. The van der Waals surface area contributed by atoms with Crippen molar-refractivity contribution in [3.8, 4) is 5.75 Å². The lowest BCUT2D eigenvalue weighted by Crippen LogP contribution is -2.46. The predicted molar refractivity (Wildman–Crippen MR) is 96.7 cm³/mol. The first kappa shape index (κ1) is 20.3. The number of methoxy groups -OCH3 is 1. The summed E-state index contributed by atoms with van der Waals surface area (Å²) < 4.78 is 31.7. The lowest BCUT2D eigenvalue weighted by Gasteiger charge is -2.21. The van der Waals surface area contributed by atoms with Gasteiger partial charge in [0.2, 0.25) is 5.91 Å². The highest BCUT2D eigenvalue weighted by Gasteiger charge is 2.30. The zero-order chi connectivity index (χ0) is 19.9. The Morgan fingerprint density at radius 2 is 1.74 bits per heavy atom. The van der Waals surface area contributed by atoms with E-state index in [1.165, 1.54) is 19.2 Å². The Morgan fingerprint density at radius 1 is 1.11 bits per heavy atom. The fourth-order valence-electron chi connectivity index (χ4n) is 2.29. The van der Waals surface area contributed by atoms with Crippen LogP contribution in [0.15, 0.2) is 54.6 Å². The van der Waals surface area contributed by atoms with Crippen LogP contribution in [-0.2, 0) is 4.79 Å². The Bertz CT molecular complexity index is 768. The number of rotatable bonds is 8. The number of nitrogens with two attached hydrogens (primary N) is 1. The van der Waals surface area contributed by atoms with Crippen LogP contribution in [-0.4, -0.2) is 37.9 Å². The maximum Gasteiger partial charge on any atom is 0.277 e. The number of alkyl halides is 2. The molecule has 2 amide bonds. The van der Waals surface area contributed by atoms with Crippen LogP contribution >= 0.6 is 0 Å². The van der Waals surface area contributed by atoms with Gasteiger partial charge in [-0.15, -0.1) is 0 Å². The van der Waals surface area contributed by atoms with E-state index in [2.05, 4.69) is 10.6 Å². The highest BCUT2D eigenvalue weighted by Crippen LogP contribution is 2.17. The molecular weight excluding hydrogens is 356 g/mol. The van der Waals surface area contributed by atoms with Gasteiger partial charge in [0.25, 0.3) is 11.8 Å². The van der Waals surface area contributed by atoms with E-state index in [0.29, 0.717) is 16.9 Å². The van der Waals surface area contributed by atoms with Crippen molar-refractivity contribution in [1.29, 1.82) is 0 Å². The van der Waals surface area contributed by atoms with Gasteiger partial charge in [-0.2, -0.15) is 0 Å². The van der Waals surface area contributed by atoms with Gasteiger partial charge in [-0.05, 0) is 29.8 Å². The third-order valence-corrected chi connectivity index (χ3v) is 3.84. The molecule has 27 heavy (non-hydrogen) atoms. The van der Waals surface area contributed by atoms with Crippen molar-refractivity contribution < 1.29 is 23.1 Å². The van der Waals surface area contributed by atoms with Gasteiger partial charge in [-0.25, -0.2) is 8.78 Å². The molecule has 1 unspecified atom stereocenters. The summed E-state index contributed by atoms with van der Waals surface area (Å²) in [6.07, 6.45) is 0. The maximum absolute atomic E-state index is 13.3. The van der Waals surface area contributed by atoms with Gasteiger partial charge in [-0.1, -0.05) is 30.3 Å². The summed E-state index contributed by atoms with van der Waals surface area (Å²) >= 11 is 0. The molecule has 8 heteroatoms. The first-order valence-corrected chi connectivity index (χ1v) is 8.22. The van der Waals surface area contributed by atoms with Gasteiger partial charge in [0.15, 0.2) is 0 Å². The molecule has 0 heterocycles. The number of benzene rings is 2. The van der Waals surface area contributed by atoms with Crippen LogP contribution in [0.25, 0.3) is 0 Å². The second-order valence-corrected chi connectivity index (χ2v) is 5.82. The van der Waals surface area contributed by atoms with Gasteiger partial charge in [0.05, 0.1) is 20.2 Å². The third kappa shape index (κ3) is 5.75. The fraction of sp³-hybridized carbons (Fsp3) is 0.263. The minimum Gasteiger partial charge on any atom is -0.497 e. The summed E-state index contributed by atoms with van der Waals surface area (Å²) in [6.45, 7) is -1.80. The van der Waals surface area contributed by atoms with Gasteiger partial charge in [-0.3, -0.25) is 9.59 Å². The smallest absolute Gasteiger partial charge is 0.277 e. The molecule has 0 aliphatic carbocycles. The minimum absolute atomic E-state index is 0.303. The van der Waals surface area contributed by atoms with E-state index in [1.54, 1.807) is 42.5 Å². The molecule has 0 aliphatic heterocycles. The highest BCUT2D eigenvalue weighted by atomic mass is 19.3. The summed E-state index contributed by atoms with van der Waals surface area (Å²) in [6, 6.07) is 13.5. The van der Waals surface area contributed by atoms with Gasteiger partial charge in [0.1, 0.15) is 11.8 Å². The Kier molecular flexibility index (Phi) is 6.84. The molecule has 2 rings (SSSR count). The van der Waals surface area contributed by atoms with Crippen molar-refractivity contribution in [2.24, 2.45) is 5.73 Å². The van der Waals surface area contributed by atoms with Crippen molar-refractivity contribution >= 4 is 11.8 Å². The summed E-state index contributed by atoms with van der Waals surface area (Å²) in [5, 5.41) is 4.72. The normalized spacial score (nSPS) is 12.1. The van der Waals surface area contributed by atoms with E-state index in [9.17, 15) is 18.4 Å². The van der Waals surface area contributed by atoms with E-state index >= 15 is 0 Å². The first-order chi connectivity index (χ1) is 12.9. The van der Waals surface area contributed by atoms with Gasteiger partial charge in [0, 0.05) is 5.56 Å².